The molecule has 2 amide bonds. The SMILES string of the molecule is C=CCN1C(=O)C(C)(C)COc2cc(NC(=O)c3ccc(C)c(C)c3)ccc21. The number of hydrogen-bond acceptors (Lipinski definition) is 3. The average molecular weight is 378 g/mol. The monoisotopic (exact) mass is 378 g/mol. The van der Waals surface area contributed by atoms with E-state index in [-0.39, 0.29) is 18.4 Å². The molecule has 1 aliphatic heterocycles. The van der Waals surface area contributed by atoms with Crippen LogP contribution in [0.2, 0.25) is 0 Å². The number of hydrogen-bond donors (Lipinski definition) is 1. The third-order valence-electron chi connectivity index (χ3n) is 5.00. The first-order valence-electron chi connectivity index (χ1n) is 9.31. The van der Waals surface area contributed by atoms with E-state index < -0.39 is 5.41 Å². The van der Waals surface area contributed by atoms with Crippen LogP contribution in [-0.4, -0.2) is 25.0 Å². The molecule has 0 aliphatic carbocycles. The Morgan fingerprint density at radius 2 is 1.96 bits per heavy atom. The lowest BCUT2D eigenvalue weighted by molar-refractivity contribution is -0.127. The molecule has 28 heavy (non-hydrogen) atoms. The zero-order valence-electron chi connectivity index (χ0n) is 16.8. The highest BCUT2D eigenvalue weighted by Crippen LogP contribution is 2.38. The zero-order chi connectivity index (χ0) is 20.5. The minimum absolute atomic E-state index is 0.0157. The van der Waals surface area contributed by atoms with E-state index >= 15 is 0 Å². The van der Waals surface area contributed by atoms with Crippen LogP contribution in [-0.2, 0) is 4.79 Å². The topological polar surface area (TPSA) is 58.6 Å². The summed E-state index contributed by atoms with van der Waals surface area (Å²) in [7, 11) is 0. The molecule has 2 aromatic rings. The minimum atomic E-state index is -0.648. The van der Waals surface area contributed by atoms with Gasteiger partial charge in [0.15, 0.2) is 0 Å². The molecule has 3 rings (SSSR count). The molecule has 1 aliphatic rings. The summed E-state index contributed by atoms with van der Waals surface area (Å²) in [6, 6.07) is 11.0. The molecule has 1 heterocycles. The lowest BCUT2D eigenvalue weighted by Gasteiger charge is -2.27. The fraction of sp³-hybridized carbons (Fsp3) is 0.304. The maximum atomic E-state index is 12.9. The molecule has 0 fully saturated rings. The molecular weight excluding hydrogens is 352 g/mol. The van der Waals surface area contributed by atoms with Crippen molar-refractivity contribution in [2.45, 2.75) is 27.7 Å². The Balaban J connectivity index is 1.89. The third-order valence-corrected chi connectivity index (χ3v) is 5.00. The molecule has 146 valence electrons. The number of ether oxygens (including phenoxy) is 1. The number of carbonyl (C=O) groups is 2. The predicted octanol–water partition coefficient (Wildman–Crippen LogP) is 4.49. The highest BCUT2D eigenvalue weighted by atomic mass is 16.5. The molecule has 0 aromatic heterocycles. The molecular formula is C23H26N2O3. The van der Waals surface area contributed by atoms with Gasteiger partial charge in [-0.3, -0.25) is 9.59 Å². The normalized spacial score (nSPS) is 15.3. The van der Waals surface area contributed by atoms with Crippen molar-refractivity contribution in [3.63, 3.8) is 0 Å². The Morgan fingerprint density at radius 3 is 2.64 bits per heavy atom. The Kier molecular flexibility index (Phi) is 5.27. The summed E-state index contributed by atoms with van der Waals surface area (Å²) in [6.45, 7) is 12.1. The molecule has 0 atom stereocenters. The number of aryl methyl sites for hydroxylation is 2. The standard InChI is InChI=1S/C23H26N2O3/c1-6-11-25-19-10-9-18(13-20(19)28-14-23(4,5)22(25)27)24-21(26)17-8-7-15(2)16(3)12-17/h6-10,12-13H,1,11,14H2,2-5H3,(H,24,26). The van der Waals surface area contributed by atoms with Gasteiger partial charge in [-0.15, -0.1) is 6.58 Å². The van der Waals surface area contributed by atoms with E-state index in [1.54, 1.807) is 29.2 Å². The molecule has 0 saturated carbocycles. The van der Waals surface area contributed by atoms with Crippen molar-refractivity contribution in [3.05, 3.63) is 65.7 Å². The van der Waals surface area contributed by atoms with E-state index in [1.165, 1.54) is 0 Å². The Morgan fingerprint density at radius 1 is 1.21 bits per heavy atom. The van der Waals surface area contributed by atoms with Crippen LogP contribution in [0, 0.1) is 19.3 Å². The van der Waals surface area contributed by atoms with Gasteiger partial charge < -0.3 is 15.0 Å². The highest BCUT2D eigenvalue weighted by molar-refractivity contribution is 6.05. The molecule has 0 radical (unpaired) electrons. The summed E-state index contributed by atoms with van der Waals surface area (Å²) in [6.07, 6.45) is 1.69. The largest absolute Gasteiger partial charge is 0.490 e. The first-order chi connectivity index (χ1) is 13.2. The number of fused-ring (bicyclic) bond motifs is 1. The number of rotatable bonds is 4. The second-order valence-corrected chi connectivity index (χ2v) is 7.81. The Bertz CT molecular complexity index is 947. The summed E-state index contributed by atoms with van der Waals surface area (Å²) >= 11 is 0. The van der Waals surface area contributed by atoms with E-state index in [4.69, 9.17) is 4.74 Å². The van der Waals surface area contributed by atoms with Gasteiger partial charge in [-0.05, 0) is 63.1 Å². The number of anilines is 2. The lowest BCUT2D eigenvalue weighted by atomic mass is 9.93. The smallest absolute Gasteiger partial charge is 0.255 e. The molecule has 0 spiro atoms. The van der Waals surface area contributed by atoms with Gasteiger partial charge in [-0.1, -0.05) is 12.1 Å². The van der Waals surface area contributed by atoms with E-state index in [1.807, 2.05) is 45.9 Å². The summed E-state index contributed by atoms with van der Waals surface area (Å²) in [5.41, 5.74) is 3.46. The van der Waals surface area contributed by atoms with Crippen LogP contribution in [0.1, 0.15) is 35.3 Å². The molecule has 0 unspecified atom stereocenters. The number of carbonyl (C=O) groups excluding carboxylic acids is 2. The number of benzene rings is 2. The van der Waals surface area contributed by atoms with Gasteiger partial charge in [0.1, 0.15) is 12.4 Å². The Hall–Kier alpha value is -3.08. The molecule has 1 N–H and O–H groups in total. The first-order valence-corrected chi connectivity index (χ1v) is 9.31. The summed E-state index contributed by atoms with van der Waals surface area (Å²) in [4.78, 5) is 27.1. The molecule has 5 heteroatoms. The Labute approximate surface area is 166 Å². The van der Waals surface area contributed by atoms with Crippen LogP contribution in [0.3, 0.4) is 0 Å². The van der Waals surface area contributed by atoms with Crippen molar-refractivity contribution in [3.8, 4) is 5.75 Å². The predicted molar refractivity (Wildman–Crippen MR) is 112 cm³/mol. The van der Waals surface area contributed by atoms with Crippen molar-refractivity contribution in [2.75, 3.05) is 23.4 Å². The second kappa shape index (κ2) is 7.50. The van der Waals surface area contributed by atoms with Crippen LogP contribution < -0.4 is 15.0 Å². The highest BCUT2D eigenvalue weighted by Gasteiger charge is 2.37. The fourth-order valence-electron chi connectivity index (χ4n) is 3.12. The van der Waals surface area contributed by atoms with Crippen LogP contribution in [0.4, 0.5) is 11.4 Å². The van der Waals surface area contributed by atoms with E-state index in [9.17, 15) is 9.59 Å². The van der Waals surface area contributed by atoms with Gasteiger partial charge in [0, 0.05) is 23.9 Å². The first kappa shape index (κ1) is 19.7. The van der Waals surface area contributed by atoms with Gasteiger partial charge in [0.25, 0.3) is 5.91 Å². The molecule has 5 nitrogen and oxygen atoms in total. The van der Waals surface area contributed by atoms with Gasteiger partial charge in [0.05, 0.1) is 11.1 Å². The van der Waals surface area contributed by atoms with Crippen LogP contribution in [0.15, 0.2) is 49.1 Å². The quantitative estimate of drug-likeness (QED) is 0.797. The third kappa shape index (κ3) is 3.79. The zero-order valence-corrected chi connectivity index (χ0v) is 16.8. The van der Waals surface area contributed by atoms with Crippen molar-refractivity contribution in [2.24, 2.45) is 5.41 Å². The van der Waals surface area contributed by atoms with Crippen molar-refractivity contribution >= 4 is 23.2 Å². The molecule has 0 saturated heterocycles. The van der Waals surface area contributed by atoms with E-state index in [2.05, 4.69) is 11.9 Å². The maximum absolute atomic E-state index is 12.9. The molecule has 0 bridgehead atoms. The van der Waals surface area contributed by atoms with Gasteiger partial charge in [-0.25, -0.2) is 0 Å². The average Bonchev–Trinajstić information content (AvgIpc) is 2.74. The number of nitrogens with zero attached hydrogens (tertiary/aromatic N) is 1. The minimum Gasteiger partial charge on any atom is -0.490 e. The number of amides is 2. The summed E-state index contributed by atoms with van der Waals surface area (Å²) < 4.78 is 5.93. The summed E-state index contributed by atoms with van der Waals surface area (Å²) in [5, 5.41) is 2.91. The second-order valence-electron chi connectivity index (χ2n) is 7.81. The van der Waals surface area contributed by atoms with Crippen molar-refractivity contribution < 1.29 is 14.3 Å². The van der Waals surface area contributed by atoms with Crippen molar-refractivity contribution in [1.29, 1.82) is 0 Å². The molecule has 2 aromatic carbocycles. The fourth-order valence-corrected chi connectivity index (χ4v) is 3.12. The van der Waals surface area contributed by atoms with Gasteiger partial charge in [-0.2, -0.15) is 0 Å². The number of nitrogens with one attached hydrogen (secondary N) is 1. The van der Waals surface area contributed by atoms with Crippen LogP contribution >= 0.6 is 0 Å². The van der Waals surface area contributed by atoms with Gasteiger partial charge >= 0.3 is 0 Å². The summed E-state index contributed by atoms with van der Waals surface area (Å²) in [5.74, 6) is 0.368. The van der Waals surface area contributed by atoms with Crippen LogP contribution in [0.25, 0.3) is 0 Å². The van der Waals surface area contributed by atoms with E-state index in [0.29, 0.717) is 29.2 Å². The van der Waals surface area contributed by atoms with Crippen LogP contribution in [0.5, 0.6) is 5.75 Å². The van der Waals surface area contributed by atoms with Gasteiger partial charge in [0.2, 0.25) is 5.91 Å². The maximum Gasteiger partial charge on any atom is 0.255 e. The lowest BCUT2D eigenvalue weighted by Crippen LogP contribution is -2.42. The van der Waals surface area contributed by atoms with Crippen molar-refractivity contribution in [1.82, 2.24) is 0 Å². The van der Waals surface area contributed by atoms with E-state index in [0.717, 1.165) is 11.1 Å².